The maximum Gasteiger partial charge on any atom is 0.417 e. The summed E-state index contributed by atoms with van der Waals surface area (Å²) < 4.78 is 39.7. The first-order valence-electron chi connectivity index (χ1n) is 9.10. The third-order valence-corrected chi connectivity index (χ3v) is 4.79. The zero-order valence-corrected chi connectivity index (χ0v) is 16.1. The van der Waals surface area contributed by atoms with Crippen LogP contribution in [0, 0.1) is 11.3 Å². The van der Waals surface area contributed by atoms with Crippen molar-refractivity contribution in [1.29, 1.82) is 5.26 Å². The molecular weight excluding hydrogens is 407 g/mol. The van der Waals surface area contributed by atoms with E-state index in [1.165, 1.54) is 18.3 Å². The van der Waals surface area contributed by atoms with E-state index in [1.54, 1.807) is 37.5 Å². The lowest BCUT2D eigenvalue weighted by molar-refractivity contribution is -0.137. The summed E-state index contributed by atoms with van der Waals surface area (Å²) in [6.45, 7) is 0. The van der Waals surface area contributed by atoms with Gasteiger partial charge in [-0.1, -0.05) is 6.07 Å². The molecule has 0 saturated heterocycles. The molecule has 1 aromatic carbocycles. The van der Waals surface area contributed by atoms with Crippen molar-refractivity contribution >= 4 is 16.9 Å². The highest BCUT2D eigenvalue weighted by molar-refractivity contribution is 5.90. The topological polar surface area (TPSA) is 94.5 Å². The van der Waals surface area contributed by atoms with E-state index in [0.29, 0.717) is 33.6 Å². The van der Waals surface area contributed by atoms with Crippen LogP contribution in [-0.2, 0) is 6.18 Å². The largest absolute Gasteiger partial charge is 0.417 e. The van der Waals surface area contributed by atoms with E-state index in [9.17, 15) is 23.2 Å². The Labute approximate surface area is 174 Å². The van der Waals surface area contributed by atoms with Crippen LogP contribution < -0.4 is 10.7 Å². The molecule has 3 aromatic heterocycles. The molecule has 4 rings (SSSR count). The predicted octanol–water partition coefficient (Wildman–Crippen LogP) is 4.58. The van der Waals surface area contributed by atoms with Gasteiger partial charge in [0, 0.05) is 36.6 Å². The Bertz CT molecular complexity index is 1400. The van der Waals surface area contributed by atoms with Gasteiger partial charge in [-0.25, -0.2) is 9.97 Å². The molecule has 0 spiro atoms. The Morgan fingerprint density at radius 3 is 2.61 bits per heavy atom. The van der Waals surface area contributed by atoms with Crippen molar-refractivity contribution in [1.82, 2.24) is 15.0 Å². The second kappa shape index (κ2) is 7.57. The minimum absolute atomic E-state index is 0.248. The van der Waals surface area contributed by atoms with E-state index in [-0.39, 0.29) is 11.1 Å². The number of aromatic amines is 1. The van der Waals surface area contributed by atoms with Crippen molar-refractivity contribution in [2.24, 2.45) is 0 Å². The number of anilines is 1. The Morgan fingerprint density at radius 1 is 1.10 bits per heavy atom. The number of nitriles is 1. The molecule has 3 heterocycles. The van der Waals surface area contributed by atoms with E-state index >= 15 is 0 Å². The molecule has 4 aromatic rings. The van der Waals surface area contributed by atoms with Gasteiger partial charge in [-0.05, 0) is 35.9 Å². The number of nitrogens with zero attached hydrogens (tertiary/aromatic N) is 3. The van der Waals surface area contributed by atoms with Crippen LogP contribution in [0.1, 0.15) is 11.1 Å². The second-order valence-electron chi connectivity index (χ2n) is 6.67. The number of alkyl halides is 3. The van der Waals surface area contributed by atoms with Gasteiger partial charge in [-0.2, -0.15) is 18.4 Å². The van der Waals surface area contributed by atoms with Crippen LogP contribution in [0.4, 0.5) is 19.0 Å². The van der Waals surface area contributed by atoms with Crippen molar-refractivity contribution in [2.75, 3.05) is 12.4 Å². The SMILES string of the molecule is CNc1cc(-c2cc3c(=O)cc[nH]c3nc2-c2ccc(C(F)(F)F)c(C#N)c2)ccn1. The molecule has 0 amide bonds. The average molecular weight is 421 g/mol. The van der Waals surface area contributed by atoms with Crippen molar-refractivity contribution in [2.45, 2.75) is 6.18 Å². The number of halogens is 3. The number of benzene rings is 1. The Hall–Kier alpha value is -4.19. The maximum absolute atomic E-state index is 13.2. The summed E-state index contributed by atoms with van der Waals surface area (Å²) >= 11 is 0. The number of hydrogen-bond donors (Lipinski definition) is 2. The van der Waals surface area contributed by atoms with Gasteiger partial charge in [-0.15, -0.1) is 0 Å². The molecule has 0 fully saturated rings. The van der Waals surface area contributed by atoms with E-state index < -0.39 is 17.3 Å². The Balaban J connectivity index is 2.03. The Morgan fingerprint density at radius 2 is 1.90 bits per heavy atom. The fourth-order valence-corrected chi connectivity index (χ4v) is 3.30. The molecule has 0 saturated carbocycles. The fraction of sp³-hybridized carbons (Fsp3) is 0.0909. The Kier molecular flexibility index (Phi) is 4.91. The molecule has 31 heavy (non-hydrogen) atoms. The lowest BCUT2D eigenvalue weighted by Gasteiger charge is -2.14. The van der Waals surface area contributed by atoms with Gasteiger partial charge in [0.05, 0.1) is 28.3 Å². The van der Waals surface area contributed by atoms with Crippen LogP contribution in [0.25, 0.3) is 33.4 Å². The van der Waals surface area contributed by atoms with Crippen LogP contribution in [0.5, 0.6) is 0 Å². The highest BCUT2D eigenvalue weighted by atomic mass is 19.4. The number of H-pyrrole nitrogens is 1. The van der Waals surface area contributed by atoms with Crippen molar-refractivity contribution < 1.29 is 13.2 Å². The number of fused-ring (bicyclic) bond motifs is 1. The summed E-state index contributed by atoms with van der Waals surface area (Å²) in [5, 5.41) is 12.5. The van der Waals surface area contributed by atoms with Gasteiger partial charge in [0.15, 0.2) is 5.43 Å². The molecular formula is C22H14F3N5O. The zero-order valence-electron chi connectivity index (χ0n) is 16.1. The molecule has 0 bridgehead atoms. The normalized spacial score (nSPS) is 11.3. The molecule has 154 valence electrons. The molecule has 0 radical (unpaired) electrons. The van der Waals surface area contributed by atoms with Crippen LogP contribution >= 0.6 is 0 Å². The highest BCUT2D eigenvalue weighted by Gasteiger charge is 2.33. The van der Waals surface area contributed by atoms with Crippen molar-refractivity contribution in [3.63, 3.8) is 0 Å². The lowest BCUT2D eigenvalue weighted by Crippen LogP contribution is -2.08. The van der Waals surface area contributed by atoms with Gasteiger partial charge < -0.3 is 10.3 Å². The van der Waals surface area contributed by atoms with E-state index in [2.05, 4.69) is 20.3 Å². The number of pyridine rings is 3. The lowest BCUT2D eigenvalue weighted by atomic mass is 9.96. The zero-order chi connectivity index (χ0) is 22.2. The minimum Gasteiger partial charge on any atom is -0.373 e. The van der Waals surface area contributed by atoms with E-state index in [1.807, 2.05) is 0 Å². The second-order valence-corrected chi connectivity index (χ2v) is 6.67. The fourth-order valence-electron chi connectivity index (χ4n) is 3.30. The number of hydrogen-bond acceptors (Lipinski definition) is 5. The third-order valence-electron chi connectivity index (χ3n) is 4.79. The van der Waals surface area contributed by atoms with Gasteiger partial charge >= 0.3 is 6.18 Å². The number of rotatable bonds is 3. The summed E-state index contributed by atoms with van der Waals surface area (Å²) in [6.07, 6.45) is -1.64. The standard InChI is InChI=1S/C22H14F3N5O/c1-27-19-9-12(4-6-28-19)15-10-16-18(31)5-7-29-21(16)30-20(15)13-2-3-17(22(23,24)25)14(8-13)11-26/h2-10H,1H3,(H,27,28)(H,29,30,31). The molecule has 9 heteroatoms. The minimum atomic E-state index is -4.65. The first-order valence-corrected chi connectivity index (χ1v) is 9.10. The molecule has 2 N–H and O–H groups in total. The average Bonchev–Trinajstić information content (AvgIpc) is 2.77. The molecule has 6 nitrogen and oxygen atoms in total. The van der Waals surface area contributed by atoms with Crippen LogP contribution in [0.3, 0.4) is 0 Å². The van der Waals surface area contributed by atoms with Gasteiger partial charge in [0.25, 0.3) is 0 Å². The molecule has 0 aliphatic carbocycles. The first kappa shape index (κ1) is 20.1. The monoisotopic (exact) mass is 421 g/mol. The maximum atomic E-state index is 13.2. The first-order chi connectivity index (χ1) is 14.8. The molecule has 0 aliphatic rings. The predicted molar refractivity (Wildman–Crippen MR) is 110 cm³/mol. The number of nitrogens with one attached hydrogen (secondary N) is 2. The van der Waals surface area contributed by atoms with Gasteiger partial charge in [-0.3, -0.25) is 4.79 Å². The van der Waals surface area contributed by atoms with Crippen LogP contribution in [-0.4, -0.2) is 22.0 Å². The molecule has 0 atom stereocenters. The van der Waals surface area contributed by atoms with E-state index in [0.717, 1.165) is 12.1 Å². The van der Waals surface area contributed by atoms with Gasteiger partial charge in [0.1, 0.15) is 11.5 Å². The quantitative estimate of drug-likeness (QED) is 0.505. The molecule has 0 aliphatic heterocycles. The van der Waals surface area contributed by atoms with Gasteiger partial charge in [0.2, 0.25) is 0 Å². The van der Waals surface area contributed by atoms with E-state index in [4.69, 9.17) is 0 Å². The van der Waals surface area contributed by atoms with Crippen molar-refractivity contribution in [3.8, 4) is 28.5 Å². The summed E-state index contributed by atoms with van der Waals surface area (Å²) in [4.78, 5) is 23.9. The smallest absolute Gasteiger partial charge is 0.373 e. The summed E-state index contributed by atoms with van der Waals surface area (Å²) in [5.74, 6) is 0.565. The van der Waals surface area contributed by atoms with Crippen LogP contribution in [0.15, 0.2) is 59.7 Å². The van der Waals surface area contributed by atoms with Crippen LogP contribution in [0.2, 0.25) is 0 Å². The third kappa shape index (κ3) is 3.71. The summed E-state index contributed by atoms with van der Waals surface area (Å²) in [5.41, 5.74) is 0.328. The highest BCUT2D eigenvalue weighted by Crippen LogP contribution is 2.37. The molecule has 0 unspecified atom stereocenters. The summed E-state index contributed by atoms with van der Waals surface area (Å²) in [7, 11) is 1.70. The van der Waals surface area contributed by atoms with Crippen molar-refractivity contribution in [3.05, 3.63) is 76.2 Å². The number of aromatic nitrogens is 3. The summed E-state index contributed by atoms with van der Waals surface area (Å²) in [6, 6.07) is 11.3.